The maximum absolute atomic E-state index is 10.4. The fourth-order valence-electron chi connectivity index (χ4n) is 2.62. The summed E-state index contributed by atoms with van der Waals surface area (Å²) in [6, 6.07) is 11.2. The van der Waals surface area contributed by atoms with Crippen LogP contribution in [0.5, 0.6) is 17.2 Å². The number of ether oxygens (including phenoxy) is 1. The van der Waals surface area contributed by atoms with Crippen LogP contribution in [0.4, 0.5) is 0 Å². The molecule has 0 saturated heterocycles. The van der Waals surface area contributed by atoms with Crippen LogP contribution in [0, 0.1) is 0 Å². The predicted molar refractivity (Wildman–Crippen MR) is 142 cm³/mol. The molecule has 0 spiro atoms. The quantitative estimate of drug-likeness (QED) is 0.161. The molecule has 0 aliphatic carbocycles. The number of phenols is 2. The Morgan fingerprint density at radius 1 is 0.816 bits per heavy atom. The molecule has 4 rings (SSSR count). The summed E-state index contributed by atoms with van der Waals surface area (Å²) in [5.41, 5.74) is 1.30. The molecule has 2 aromatic carbocycles. The number of carbonyl (C=O) groups is 2. The number of nitrogens with zero attached hydrogens (tertiary/aromatic N) is 4. The largest absolute Gasteiger partial charge is 0.508 e. The van der Waals surface area contributed by atoms with Crippen molar-refractivity contribution in [3.05, 3.63) is 42.5 Å². The summed E-state index contributed by atoms with van der Waals surface area (Å²) in [5, 5.41) is 49.8. The molecule has 2 aromatic heterocycles. The van der Waals surface area contributed by atoms with Crippen molar-refractivity contribution >= 4 is 35.5 Å². The molecule has 0 amide bonds. The van der Waals surface area contributed by atoms with Gasteiger partial charge in [-0.25, -0.2) is 9.97 Å². The molecule has 2 heterocycles. The van der Waals surface area contributed by atoms with Gasteiger partial charge in [-0.3, -0.25) is 19.8 Å². The highest BCUT2D eigenvalue weighted by molar-refractivity contribution is 8.00. The second-order valence-electron chi connectivity index (χ2n) is 6.77. The van der Waals surface area contributed by atoms with E-state index in [4.69, 9.17) is 14.9 Å². The summed E-state index contributed by atoms with van der Waals surface area (Å²) < 4.78 is 5.04. The Labute approximate surface area is 225 Å². The molecule has 0 saturated carbocycles. The highest BCUT2D eigenvalue weighted by atomic mass is 32.2. The number of methoxy groups -OCH3 is 1. The fraction of sp³-hybridized carbons (Fsp3) is 0.217. The van der Waals surface area contributed by atoms with Gasteiger partial charge < -0.3 is 25.2 Å². The average Bonchev–Trinajstić information content (AvgIpc) is 3.58. The van der Waals surface area contributed by atoms with Gasteiger partial charge in [0.1, 0.15) is 17.2 Å². The van der Waals surface area contributed by atoms with Crippen LogP contribution in [0.25, 0.3) is 22.8 Å². The molecule has 0 atom stereocenters. The first kappa shape index (κ1) is 30.0. The van der Waals surface area contributed by atoms with Crippen LogP contribution in [-0.4, -0.2) is 81.3 Å². The zero-order valence-corrected chi connectivity index (χ0v) is 22.2. The SMILES string of the molecule is CC.COc1cc(O)cc(-c2nc(SCC(=O)O)n[nH]2)c1.O=C(O)CSc1n[nH]c(-c2cccc(O)c2)n1. The molecule has 38 heavy (non-hydrogen) atoms. The minimum Gasteiger partial charge on any atom is -0.508 e. The van der Waals surface area contributed by atoms with Gasteiger partial charge in [-0.05, 0) is 24.3 Å². The highest BCUT2D eigenvalue weighted by Crippen LogP contribution is 2.28. The van der Waals surface area contributed by atoms with E-state index in [0.717, 1.165) is 23.5 Å². The summed E-state index contributed by atoms with van der Waals surface area (Å²) in [6.45, 7) is 4.00. The third-order valence-corrected chi connectivity index (χ3v) is 5.76. The van der Waals surface area contributed by atoms with Gasteiger partial charge in [0.25, 0.3) is 0 Å². The van der Waals surface area contributed by atoms with Crippen LogP contribution in [0.3, 0.4) is 0 Å². The van der Waals surface area contributed by atoms with Gasteiger partial charge >= 0.3 is 11.9 Å². The van der Waals surface area contributed by atoms with Crippen molar-refractivity contribution in [1.29, 1.82) is 0 Å². The number of H-pyrrole nitrogens is 2. The lowest BCUT2D eigenvalue weighted by atomic mass is 10.2. The summed E-state index contributed by atoms with van der Waals surface area (Å²) in [6.07, 6.45) is 0. The molecule has 0 radical (unpaired) electrons. The Balaban J connectivity index is 0.000000252. The fourth-order valence-corrected chi connectivity index (χ4v) is 3.66. The first-order chi connectivity index (χ1) is 18.2. The molecular weight excluding hydrogens is 536 g/mol. The number of thioether (sulfide) groups is 2. The Morgan fingerprint density at radius 2 is 1.34 bits per heavy atom. The van der Waals surface area contributed by atoms with Crippen LogP contribution in [0.2, 0.25) is 0 Å². The van der Waals surface area contributed by atoms with Gasteiger partial charge in [-0.15, -0.1) is 10.2 Å². The Kier molecular flexibility index (Phi) is 11.9. The average molecular weight is 563 g/mol. The number of aromatic nitrogens is 6. The third-order valence-electron chi connectivity index (χ3n) is 4.10. The van der Waals surface area contributed by atoms with Crippen LogP contribution in [0.1, 0.15) is 13.8 Å². The van der Waals surface area contributed by atoms with Crippen molar-refractivity contribution in [3.63, 3.8) is 0 Å². The number of nitrogens with one attached hydrogen (secondary N) is 2. The summed E-state index contributed by atoms with van der Waals surface area (Å²) in [4.78, 5) is 29.1. The van der Waals surface area contributed by atoms with Crippen molar-refractivity contribution in [2.45, 2.75) is 24.2 Å². The van der Waals surface area contributed by atoms with E-state index >= 15 is 0 Å². The van der Waals surface area contributed by atoms with Gasteiger partial charge in [0, 0.05) is 17.2 Å². The van der Waals surface area contributed by atoms with Crippen molar-refractivity contribution in [2.24, 2.45) is 0 Å². The number of aliphatic carboxylic acids is 2. The van der Waals surface area contributed by atoms with Crippen LogP contribution < -0.4 is 4.74 Å². The maximum Gasteiger partial charge on any atom is 0.313 e. The lowest BCUT2D eigenvalue weighted by molar-refractivity contribution is -0.134. The van der Waals surface area contributed by atoms with Gasteiger partial charge in [-0.2, -0.15) is 0 Å². The maximum atomic E-state index is 10.4. The predicted octanol–water partition coefficient (Wildman–Crippen LogP) is 3.74. The summed E-state index contributed by atoms with van der Waals surface area (Å²) in [5.74, 6) is -0.446. The molecule has 15 heteroatoms. The molecule has 6 N–H and O–H groups in total. The number of carboxylic acids is 2. The zero-order chi connectivity index (χ0) is 28.1. The molecule has 202 valence electrons. The standard InChI is InChI=1S/C11H11N3O4S.C10H9N3O3S.C2H6/c1-18-8-3-6(2-7(15)4-8)10-12-11(14-13-10)19-5-9(16)17;14-7-3-1-2-6(4-7)9-11-10(13-12-9)17-5-8(15)16;1-2/h2-4,15H,5H2,1H3,(H,16,17)(H,12,13,14);1-4,14H,5H2,(H,15,16)(H,11,12,13);1-2H3. The van der Waals surface area contributed by atoms with E-state index in [1.807, 2.05) is 13.8 Å². The molecule has 0 unspecified atom stereocenters. The summed E-state index contributed by atoms with van der Waals surface area (Å²) in [7, 11) is 1.49. The van der Waals surface area contributed by atoms with E-state index < -0.39 is 11.9 Å². The van der Waals surface area contributed by atoms with Crippen LogP contribution in [-0.2, 0) is 9.59 Å². The number of phenolic OH excluding ortho intramolecular Hbond substituents is 2. The molecule has 0 aliphatic rings. The van der Waals surface area contributed by atoms with Gasteiger partial charge in [-0.1, -0.05) is 49.5 Å². The molecule has 0 bridgehead atoms. The zero-order valence-electron chi connectivity index (χ0n) is 20.6. The Bertz CT molecular complexity index is 1350. The van der Waals surface area contributed by atoms with E-state index in [0.29, 0.717) is 38.8 Å². The number of aromatic hydroxyl groups is 2. The molecule has 0 aliphatic heterocycles. The Hall–Kier alpha value is -4.24. The second-order valence-corrected chi connectivity index (χ2v) is 8.65. The first-order valence-corrected chi connectivity index (χ1v) is 12.9. The van der Waals surface area contributed by atoms with E-state index in [1.54, 1.807) is 30.3 Å². The Morgan fingerprint density at radius 3 is 1.84 bits per heavy atom. The second kappa shape index (κ2) is 15.1. The lowest BCUT2D eigenvalue weighted by Crippen LogP contribution is -1.97. The number of rotatable bonds is 9. The topological polar surface area (TPSA) is 207 Å². The highest BCUT2D eigenvalue weighted by Gasteiger charge is 2.11. The monoisotopic (exact) mass is 562 g/mol. The number of hydrogen-bond acceptors (Lipinski definition) is 11. The van der Waals surface area contributed by atoms with Crippen molar-refractivity contribution < 1.29 is 34.8 Å². The first-order valence-electron chi connectivity index (χ1n) is 11.0. The minimum absolute atomic E-state index is 0.0467. The molecular formula is C23H26N6O7S2. The number of benzene rings is 2. The van der Waals surface area contributed by atoms with E-state index in [2.05, 4.69) is 30.4 Å². The van der Waals surface area contributed by atoms with Crippen molar-refractivity contribution in [2.75, 3.05) is 18.6 Å². The van der Waals surface area contributed by atoms with Gasteiger partial charge in [0.05, 0.1) is 18.6 Å². The molecule has 4 aromatic rings. The summed E-state index contributed by atoms with van der Waals surface area (Å²) >= 11 is 2.04. The van der Waals surface area contributed by atoms with E-state index in [9.17, 15) is 19.8 Å². The van der Waals surface area contributed by atoms with Gasteiger partial charge in [0.2, 0.25) is 10.3 Å². The normalized spacial score (nSPS) is 9.97. The molecule has 13 nitrogen and oxygen atoms in total. The minimum atomic E-state index is -0.935. The van der Waals surface area contributed by atoms with Gasteiger partial charge in [0.15, 0.2) is 11.6 Å². The van der Waals surface area contributed by atoms with E-state index in [1.165, 1.54) is 19.2 Å². The van der Waals surface area contributed by atoms with E-state index in [-0.39, 0.29) is 23.0 Å². The number of aromatic amines is 2. The smallest absolute Gasteiger partial charge is 0.313 e. The lowest BCUT2D eigenvalue weighted by Gasteiger charge is -2.03. The molecule has 0 fully saturated rings. The third kappa shape index (κ3) is 9.67. The van der Waals surface area contributed by atoms with Crippen LogP contribution in [0.15, 0.2) is 52.8 Å². The van der Waals surface area contributed by atoms with Crippen molar-refractivity contribution in [3.8, 4) is 40.0 Å². The van der Waals surface area contributed by atoms with Crippen LogP contribution >= 0.6 is 23.5 Å². The number of hydrogen-bond donors (Lipinski definition) is 6. The number of carboxylic acid groups (broad SMARTS) is 2. The van der Waals surface area contributed by atoms with Crippen molar-refractivity contribution in [1.82, 2.24) is 30.4 Å².